The molecule has 2 N–H and O–H groups in total. The fraction of sp³-hybridized carbons (Fsp3) is 0.242. The summed E-state index contributed by atoms with van der Waals surface area (Å²) in [4.78, 5) is 37.4. The van der Waals surface area contributed by atoms with E-state index in [1.54, 1.807) is 30.7 Å². The summed E-state index contributed by atoms with van der Waals surface area (Å²) in [5, 5.41) is 6.15. The molecular weight excluding hydrogens is 658 g/mol. The number of methoxy groups -OCH3 is 2. The van der Waals surface area contributed by atoms with Crippen molar-refractivity contribution in [3.63, 3.8) is 0 Å². The highest BCUT2D eigenvalue weighted by Gasteiger charge is 2.45. The molecule has 0 saturated carbocycles. The zero-order valence-electron chi connectivity index (χ0n) is 27.1. The Labute approximate surface area is 283 Å². The largest absolute Gasteiger partial charge is 0.490 e. The first-order chi connectivity index (χ1) is 23.6. The Balaban J connectivity index is 0.000000225. The van der Waals surface area contributed by atoms with Crippen molar-refractivity contribution in [1.29, 1.82) is 0 Å². The molecule has 2 amide bonds. The van der Waals surface area contributed by atoms with E-state index in [2.05, 4.69) is 20.4 Å². The Kier molecular flexibility index (Phi) is 12.3. The van der Waals surface area contributed by atoms with Gasteiger partial charge in [0.1, 0.15) is 0 Å². The van der Waals surface area contributed by atoms with Crippen LogP contribution in [0.5, 0.6) is 23.3 Å². The first kappa shape index (κ1) is 35.9. The quantitative estimate of drug-likeness (QED) is 0.197. The van der Waals surface area contributed by atoms with Crippen molar-refractivity contribution < 1.29 is 46.0 Å². The lowest BCUT2D eigenvalue weighted by Gasteiger charge is -2.27. The van der Waals surface area contributed by atoms with E-state index >= 15 is 0 Å². The number of carbonyl (C=O) groups excluding carboxylic acids is 2. The smallest absolute Gasteiger partial charge is 0.411 e. The van der Waals surface area contributed by atoms with Gasteiger partial charge in [0.2, 0.25) is 17.7 Å². The number of para-hydroxylation sites is 2. The second kappa shape index (κ2) is 16.8. The van der Waals surface area contributed by atoms with Crippen molar-refractivity contribution in [3.05, 3.63) is 102 Å². The van der Waals surface area contributed by atoms with Gasteiger partial charge in [0.15, 0.2) is 22.8 Å². The van der Waals surface area contributed by atoms with Crippen LogP contribution in [0.25, 0.3) is 0 Å². The predicted molar refractivity (Wildman–Crippen MR) is 178 cm³/mol. The number of hydrogen-bond acceptors (Lipinski definition) is 13. The molecule has 1 aromatic heterocycles. The maximum Gasteiger partial charge on any atom is 0.411 e. The van der Waals surface area contributed by atoms with Gasteiger partial charge in [-0.05, 0) is 26.0 Å². The highest BCUT2D eigenvalue weighted by molar-refractivity contribution is 7.85. The molecule has 4 aromatic rings. The van der Waals surface area contributed by atoms with Crippen molar-refractivity contribution in [1.82, 2.24) is 14.7 Å². The molecule has 0 atom stereocenters. The number of rotatable bonds is 12. The van der Waals surface area contributed by atoms with Gasteiger partial charge in [-0.1, -0.05) is 78.0 Å². The average molecular weight is 694 g/mol. The van der Waals surface area contributed by atoms with Crippen LogP contribution >= 0.6 is 0 Å². The second-order valence-electron chi connectivity index (χ2n) is 9.84. The Bertz CT molecular complexity index is 1800. The molecule has 0 fully saturated rings. The monoisotopic (exact) mass is 693 g/mol. The van der Waals surface area contributed by atoms with Gasteiger partial charge >= 0.3 is 22.3 Å². The summed E-state index contributed by atoms with van der Waals surface area (Å²) < 4.78 is 50.9. The number of nitrogens with zero attached hydrogens (tertiary/aromatic N) is 3. The Morgan fingerprint density at radius 2 is 1.37 bits per heavy atom. The number of ether oxygens (including phenoxy) is 4. The molecule has 2 heterocycles. The molecule has 15 nitrogen and oxygen atoms in total. The number of esters is 1. The topological polar surface area (TPSA) is 186 Å². The molecule has 1 aliphatic rings. The van der Waals surface area contributed by atoms with Crippen molar-refractivity contribution in [3.8, 4) is 23.3 Å². The summed E-state index contributed by atoms with van der Waals surface area (Å²) in [7, 11) is -1.76. The highest BCUT2D eigenvalue weighted by Crippen LogP contribution is 2.41. The fourth-order valence-corrected chi connectivity index (χ4v) is 5.18. The number of hydrogen-bond donors (Lipinski definition) is 2. The molecular formula is C33H35N5O10S. The summed E-state index contributed by atoms with van der Waals surface area (Å²) in [6.07, 6.45) is 0.361. The zero-order valence-corrected chi connectivity index (χ0v) is 27.9. The van der Waals surface area contributed by atoms with Crippen LogP contribution in [0, 0.1) is 0 Å². The van der Waals surface area contributed by atoms with Gasteiger partial charge in [0.05, 0.1) is 39.9 Å². The third-order valence-corrected chi connectivity index (χ3v) is 7.44. The first-order valence-electron chi connectivity index (χ1n) is 14.9. The fourth-order valence-electron chi connectivity index (χ4n) is 4.49. The lowest BCUT2D eigenvalue weighted by atomic mass is 9.82. The highest BCUT2D eigenvalue weighted by atomic mass is 32.2. The molecule has 258 valence electrons. The maximum absolute atomic E-state index is 12.1. The van der Waals surface area contributed by atoms with Crippen molar-refractivity contribution >= 4 is 34.0 Å². The van der Waals surface area contributed by atoms with Gasteiger partial charge < -0.3 is 28.0 Å². The van der Waals surface area contributed by atoms with Crippen LogP contribution in [-0.2, 0) is 30.3 Å². The summed E-state index contributed by atoms with van der Waals surface area (Å²) in [5.74, 6) is -0.278. The lowest BCUT2D eigenvalue weighted by Crippen LogP contribution is -2.37. The van der Waals surface area contributed by atoms with Gasteiger partial charge in [-0.3, -0.25) is 5.32 Å². The van der Waals surface area contributed by atoms with E-state index in [0.29, 0.717) is 25.3 Å². The van der Waals surface area contributed by atoms with Crippen molar-refractivity contribution in [2.75, 3.05) is 32.8 Å². The molecule has 0 radical (unpaired) electrons. The Morgan fingerprint density at radius 1 is 0.816 bits per heavy atom. The van der Waals surface area contributed by atoms with Crippen molar-refractivity contribution in [2.45, 2.75) is 25.9 Å². The van der Waals surface area contributed by atoms with Gasteiger partial charge in [-0.15, -0.1) is 0 Å². The summed E-state index contributed by atoms with van der Waals surface area (Å²) in [5.41, 5.74) is 1.47. The number of amides is 2. The molecule has 3 aromatic carbocycles. The molecule has 0 saturated heterocycles. The summed E-state index contributed by atoms with van der Waals surface area (Å²) in [6.45, 7) is 4.14. The number of anilines is 1. The zero-order chi connectivity index (χ0) is 35.3. The number of nitrogens with one attached hydrogen (secondary N) is 2. The summed E-state index contributed by atoms with van der Waals surface area (Å²) in [6, 6.07) is 26.0. The molecule has 5 rings (SSSR count). The standard InChI is InChI=1S/C18H17NO3.C15H18N4O7S/c1-2-21-17(20)16-13-18(22-19-16,14-9-5-3-6-10-14)15-11-7-4-8-12-15;1-4-25-10-7-5-6-8-11(10)26-27(21,22)19-15(20)18-14-16-12(23-2)9-13(17-14)24-3/h3-12H,2,13H2,1H3;5-9H,4H2,1-3H3,(H2,16,17,18,19,20). The first-order valence-corrected chi connectivity index (χ1v) is 16.3. The van der Waals surface area contributed by atoms with E-state index in [9.17, 15) is 18.0 Å². The van der Waals surface area contributed by atoms with Crippen LogP contribution in [0.15, 0.2) is 96.2 Å². The summed E-state index contributed by atoms with van der Waals surface area (Å²) >= 11 is 0. The molecule has 1 aliphatic heterocycles. The third-order valence-electron chi connectivity index (χ3n) is 6.61. The molecule has 0 bridgehead atoms. The Hall–Kier alpha value is -5.90. The number of aromatic nitrogens is 2. The molecule has 0 unspecified atom stereocenters. The van der Waals surface area contributed by atoms with Crippen LogP contribution < -0.4 is 28.4 Å². The van der Waals surface area contributed by atoms with E-state index in [1.165, 1.54) is 32.4 Å². The van der Waals surface area contributed by atoms with Gasteiger partial charge in [-0.2, -0.15) is 18.4 Å². The van der Waals surface area contributed by atoms with Crippen LogP contribution in [0.1, 0.15) is 31.4 Å². The van der Waals surface area contributed by atoms with Crippen LogP contribution in [0.2, 0.25) is 0 Å². The molecule has 0 spiro atoms. The molecule has 49 heavy (non-hydrogen) atoms. The van der Waals surface area contributed by atoms with Gasteiger partial charge in [-0.25, -0.2) is 14.3 Å². The van der Waals surface area contributed by atoms with E-state index in [-0.39, 0.29) is 29.2 Å². The van der Waals surface area contributed by atoms with Crippen LogP contribution in [-0.4, -0.2) is 63.5 Å². The van der Waals surface area contributed by atoms with Crippen molar-refractivity contribution in [2.24, 2.45) is 5.16 Å². The molecule has 0 aliphatic carbocycles. The Morgan fingerprint density at radius 3 is 1.90 bits per heavy atom. The van der Waals surface area contributed by atoms with Gasteiger partial charge in [0.25, 0.3) is 0 Å². The number of carbonyl (C=O) groups is 2. The lowest BCUT2D eigenvalue weighted by molar-refractivity contribution is -0.135. The minimum absolute atomic E-state index is 0.0704. The number of urea groups is 1. The maximum atomic E-state index is 12.1. The van der Waals surface area contributed by atoms with Crippen LogP contribution in [0.3, 0.4) is 0 Å². The minimum atomic E-state index is -4.49. The van der Waals surface area contributed by atoms with E-state index in [0.717, 1.165) is 11.1 Å². The van der Waals surface area contributed by atoms with Gasteiger partial charge in [0, 0.05) is 11.1 Å². The van der Waals surface area contributed by atoms with E-state index in [4.69, 9.17) is 28.0 Å². The van der Waals surface area contributed by atoms with E-state index in [1.807, 2.05) is 60.7 Å². The second-order valence-corrected chi connectivity index (χ2v) is 11.1. The normalized spacial score (nSPS) is 12.9. The van der Waals surface area contributed by atoms with Crippen LogP contribution in [0.4, 0.5) is 10.7 Å². The third kappa shape index (κ3) is 9.57. The SMILES string of the molecule is CCOC(=O)C1=NOC(c2ccccc2)(c2ccccc2)C1.CCOc1ccccc1OS(=O)(=O)NC(=O)Nc1nc(OC)cc(OC)n1. The van der Waals surface area contributed by atoms with E-state index < -0.39 is 27.9 Å². The number of oxime groups is 1. The number of benzene rings is 3. The predicted octanol–water partition coefficient (Wildman–Crippen LogP) is 4.61. The minimum Gasteiger partial charge on any atom is -0.490 e. The average Bonchev–Trinajstić information content (AvgIpc) is 3.57. The molecule has 16 heteroatoms.